The van der Waals surface area contributed by atoms with Crippen LogP contribution >= 0.6 is 22.6 Å². The van der Waals surface area contributed by atoms with E-state index in [1.54, 1.807) is 7.11 Å². The highest BCUT2D eigenvalue weighted by Crippen LogP contribution is 2.58. The number of hydrogen-bond donors (Lipinski definition) is 1. The Kier molecular flexibility index (Phi) is 8.85. The van der Waals surface area contributed by atoms with E-state index in [0.717, 1.165) is 26.9 Å². The molecule has 2 aliphatic heterocycles. The number of carbonyl (C=O) groups excluding carboxylic acids is 1. The molecule has 3 fully saturated rings. The van der Waals surface area contributed by atoms with Crippen molar-refractivity contribution in [3.8, 4) is 5.75 Å². The summed E-state index contributed by atoms with van der Waals surface area (Å²) in [7, 11) is 1.64. The third-order valence-corrected chi connectivity index (χ3v) is 9.61. The van der Waals surface area contributed by atoms with Crippen LogP contribution in [-0.4, -0.2) is 59.3 Å². The van der Waals surface area contributed by atoms with Crippen molar-refractivity contribution in [3.63, 3.8) is 0 Å². The van der Waals surface area contributed by atoms with Gasteiger partial charge in [-0.2, -0.15) is 0 Å². The molecule has 222 valence electrons. The predicted molar refractivity (Wildman–Crippen MR) is 164 cm³/mol. The van der Waals surface area contributed by atoms with Crippen LogP contribution < -0.4 is 10.1 Å². The van der Waals surface area contributed by atoms with Crippen LogP contribution in [0.3, 0.4) is 0 Å². The third-order valence-electron chi connectivity index (χ3n) is 8.32. The molecule has 2 saturated heterocycles. The summed E-state index contributed by atoms with van der Waals surface area (Å²) in [5.41, 5.74) is 1.61. The third kappa shape index (κ3) is 5.95. The molecule has 1 saturated carbocycles. The monoisotopic (exact) mass is 685 g/mol. The number of alkyl halides is 1. The maximum absolute atomic E-state index is 12.9. The van der Waals surface area contributed by atoms with Gasteiger partial charge in [-0.25, -0.2) is 0 Å². The molecule has 2 unspecified atom stereocenters. The molecule has 2 heterocycles. The van der Waals surface area contributed by atoms with E-state index in [1.165, 1.54) is 6.92 Å². The maximum Gasteiger partial charge on any atom is 0.217 e. The fourth-order valence-corrected chi connectivity index (χ4v) is 7.22. The minimum Gasteiger partial charge on any atom is -0.497 e. The molecule has 3 aromatic rings. The molecule has 9 heteroatoms. The standard InChI is InChI=1S/C33H36INO7/c1-22(36)35-33-20-32(21-34)28(42-32)27(29(33)38-17-23-9-5-3-6-10-23)41-31(30(33)39-18-24-11-7-4-8-12-24)40-19-25-13-15-26(37-2)16-14-25/h3-16,27-31H,17-21H2,1-2H3,(H,35,36)/t27-,28?,29-,30-,31+,32?,33-/m1/s1. The summed E-state index contributed by atoms with van der Waals surface area (Å²) in [4.78, 5) is 12.9. The van der Waals surface area contributed by atoms with Gasteiger partial charge in [-0.1, -0.05) is 95.4 Å². The van der Waals surface area contributed by atoms with Gasteiger partial charge in [0.1, 0.15) is 41.3 Å². The smallest absolute Gasteiger partial charge is 0.217 e. The van der Waals surface area contributed by atoms with Gasteiger partial charge in [-0.3, -0.25) is 4.79 Å². The van der Waals surface area contributed by atoms with Gasteiger partial charge in [0.25, 0.3) is 0 Å². The fraction of sp³-hybridized carbons (Fsp3) is 0.424. The number of methoxy groups -OCH3 is 1. The number of carbonyl (C=O) groups is 1. The van der Waals surface area contributed by atoms with E-state index in [0.29, 0.717) is 26.2 Å². The minimum atomic E-state index is -0.957. The quantitative estimate of drug-likeness (QED) is 0.164. The second kappa shape index (κ2) is 12.6. The van der Waals surface area contributed by atoms with Crippen LogP contribution in [0.15, 0.2) is 84.9 Å². The number of amides is 1. The van der Waals surface area contributed by atoms with Gasteiger partial charge < -0.3 is 33.7 Å². The number of rotatable bonds is 12. The molecular weight excluding hydrogens is 649 g/mol. The number of fused-ring (bicyclic) bond motifs is 4. The van der Waals surface area contributed by atoms with Gasteiger partial charge in [0.15, 0.2) is 6.29 Å². The number of benzene rings is 3. The SMILES string of the molecule is COc1ccc(CO[C@H]2O[C@@H]3C4OC4(CI)C[C@](NC(C)=O)([C@@H]2OCc2ccccc2)[C@@H]3OCc2ccccc2)cc1. The van der Waals surface area contributed by atoms with Crippen molar-refractivity contribution in [3.05, 3.63) is 102 Å². The molecule has 42 heavy (non-hydrogen) atoms. The van der Waals surface area contributed by atoms with Crippen LogP contribution in [0.25, 0.3) is 0 Å². The summed E-state index contributed by atoms with van der Waals surface area (Å²) in [6.07, 6.45) is -2.08. The summed E-state index contributed by atoms with van der Waals surface area (Å²) in [5.74, 6) is 0.601. The van der Waals surface area contributed by atoms with Crippen molar-refractivity contribution in [1.29, 1.82) is 0 Å². The molecule has 1 amide bonds. The van der Waals surface area contributed by atoms with Gasteiger partial charge in [0, 0.05) is 17.8 Å². The molecular formula is C33H36INO7. The molecule has 3 aromatic carbocycles. The Morgan fingerprint density at radius 1 is 0.857 bits per heavy atom. The predicted octanol–water partition coefficient (Wildman–Crippen LogP) is 4.96. The van der Waals surface area contributed by atoms with Crippen LogP contribution in [0.4, 0.5) is 0 Å². The normalized spacial score (nSPS) is 31.2. The first-order chi connectivity index (χ1) is 20.5. The Morgan fingerprint density at radius 2 is 1.43 bits per heavy atom. The van der Waals surface area contributed by atoms with Gasteiger partial charge >= 0.3 is 0 Å². The second-order valence-electron chi connectivity index (χ2n) is 11.2. The van der Waals surface area contributed by atoms with Crippen molar-refractivity contribution in [2.24, 2.45) is 0 Å². The van der Waals surface area contributed by atoms with Crippen molar-refractivity contribution in [2.45, 2.75) is 75.0 Å². The Bertz CT molecular complexity index is 1340. The molecule has 0 spiro atoms. The lowest BCUT2D eigenvalue weighted by Gasteiger charge is -2.57. The Morgan fingerprint density at radius 3 is 2.00 bits per heavy atom. The molecule has 2 bridgehead atoms. The number of hydrogen-bond acceptors (Lipinski definition) is 7. The second-order valence-corrected chi connectivity index (χ2v) is 12.0. The van der Waals surface area contributed by atoms with Crippen molar-refractivity contribution in [2.75, 3.05) is 11.5 Å². The summed E-state index contributed by atoms with van der Waals surface area (Å²) >= 11 is 2.36. The zero-order valence-corrected chi connectivity index (χ0v) is 25.9. The average molecular weight is 686 g/mol. The van der Waals surface area contributed by atoms with Crippen LogP contribution in [0, 0.1) is 0 Å². The first-order valence-electron chi connectivity index (χ1n) is 14.2. The highest BCUT2D eigenvalue weighted by Gasteiger charge is 2.76. The molecule has 0 aromatic heterocycles. The van der Waals surface area contributed by atoms with Crippen molar-refractivity contribution >= 4 is 28.5 Å². The summed E-state index contributed by atoms with van der Waals surface area (Å²) in [6.45, 7) is 2.50. The van der Waals surface area contributed by atoms with E-state index in [1.807, 2.05) is 84.9 Å². The molecule has 1 aliphatic carbocycles. The topological polar surface area (TPSA) is 87.8 Å². The Balaban J connectivity index is 1.35. The Hall–Kier alpha value is -2.54. The first kappa shape index (κ1) is 29.5. The zero-order valence-electron chi connectivity index (χ0n) is 23.7. The van der Waals surface area contributed by atoms with Crippen molar-refractivity contribution < 1.29 is 33.2 Å². The molecule has 1 N–H and O–H groups in total. The lowest BCUT2D eigenvalue weighted by atomic mass is 9.67. The number of nitrogens with one attached hydrogen (secondary N) is 1. The van der Waals surface area contributed by atoms with Gasteiger partial charge in [0.05, 0.1) is 26.9 Å². The fourth-order valence-electron chi connectivity index (χ4n) is 6.34. The molecule has 0 radical (unpaired) electrons. The van der Waals surface area contributed by atoms with E-state index < -0.39 is 35.7 Å². The van der Waals surface area contributed by atoms with Crippen LogP contribution in [-0.2, 0) is 48.3 Å². The summed E-state index contributed by atoms with van der Waals surface area (Å²) in [6, 6.07) is 27.7. The molecule has 3 aliphatic rings. The van der Waals surface area contributed by atoms with Crippen molar-refractivity contribution in [1.82, 2.24) is 5.32 Å². The van der Waals surface area contributed by atoms with Crippen LogP contribution in [0.5, 0.6) is 5.75 Å². The number of epoxide rings is 1. The van der Waals surface area contributed by atoms with E-state index in [4.69, 9.17) is 28.4 Å². The summed E-state index contributed by atoms with van der Waals surface area (Å²) in [5, 5.41) is 3.31. The number of ether oxygens (including phenoxy) is 6. The zero-order chi connectivity index (χ0) is 29.2. The average Bonchev–Trinajstić information content (AvgIpc) is 3.73. The molecule has 8 nitrogen and oxygen atoms in total. The molecule has 6 rings (SSSR count). The molecule has 7 atom stereocenters. The van der Waals surface area contributed by atoms with Gasteiger partial charge in [-0.15, -0.1) is 0 Å². The minimum absolute atomic E-state index is 0.167. The van der Waals surface area contributed by atoms with E-state index >= 15 is 0 Å². The van der Waals surface area contributed by atoms with Gasteiger partial charge in [-0.05, 0) is 28.8 Å². The highest BCUT2D eigenvalue weighted by molar-refractivity contribution is 14.1. The van der Waals surface area contributed by atoms with Gasteiger partial charge in [0.2, 0.25) is 5.91 Å². The largest absolute Gasteiger partial charge is 0.497 e. The lowest BCUT2D eigenvalue weighted by molar-refractivity contribution is -0.324. The highest BCUT2D eigenvalue weighted by atomic mass is 127. The van der Waals surface area contributed by atoms with Crippen LogP contribution in [0.1, 0.15) is 30.0 Å². The lowest BCUT2D eigenvalue weighted by Crippen LogP contribution is -2.78. The Labute approximate surface area is 260 Å². The summed E-state index contributed by atoms with van der Waals surface area (Å²) < 4.78 is 39.0. The van der Waals surface area contributed by atoms with E-state index in [2.05, 4.69) is 27.9 Å². The van der Waals surface area contributed by atoms with E-state index in [-0.39, 0.29) is 12.0 Å². The maximum atomic E-state index is 12.9. The number of halogens is 1. The van der Waals surface area contributed by atoms with Crippen LogP contribution in [0.2, 0.25) is 0 Å². The van der Waals surface area contributed by atoms with E-state index in [9.17, 15) is 4.79 Å². The first-order valence-corrected chi connectivity index (χ1v) is 15.7.